The second kappa shape index (κ2) is 8.20. The molecule has 126 valence electrons. The van der Waals surface area contributed by atoms with Crippen molar-refractivity contribution in [3.63, 3.8) is 0 Å². The van der Waals surface area contributed by atoms with Gasteiger partial charge in [-0.1, -0.05) is 24.8 Å². The molecule has 0 aliphatic heterocycles. The minimum Gasteiger partial charge on any atom is -0.487 e. The predicted octanol–water partition coefficient (Wildman–Crippen LogP) is 4.31. The Kier molecular flexibility index (Phi) is 6.01. The van der Waals surface area contributed by atoms with Crippen LogP contribution in [0.4, 0.5) is 11.4 Å². The van der Waals surface area contributed by atoms with Crippen LogP contribution in [0.2, 0.25) is 0 Å². The summed E-state index contributed by atoms with van der Waals surface area (Å²) in [5.41, 5.74) is 4.89. The minimum atomic E-state index is -0.104. The van der Waals surface area contributed by atoms with Gasteiger partial charge in [0, 0.05) is 5.69 Å². The fraction of sp³-hybridized carbons (Fsp3) is 0.250. The maximum atomic E-state index is 12.1. The molecule has 0 saturated carbocycles. The molecule has 0 aromatic heterocycles. The number of hydrogen-bond donors (Lipinski definition) is 2. The van der Waals surface area contributed by atoms with Crippen molar-refractivity contribution in [2.45, 2.75) is 20.8 Å². The third-order valence-electron chi connectivity index (χ3n) is 3.59. The summed E-state index contributed by atoms with van der Waals surface area (Å²) in [5.74, 6) is 0.604. The molecule has 0 bridgehead atoms. The zero-order valence-corrected chi connectivity index (χ0v) is 14.5. The van der Waals surface area contributed by atoms with Crippen molar-refractivity contribution < 1.29 is 9.53 Å². The van der Waals surface area contributed by atoms with E-state index in [1.807, 2.05) is 63.2 Å². The molecule has 2 aromatic carbocycles. The summed E-state index contributed by atoms with van der Waals surface area (Å²) in [6.07, 6.45) is 0. The predicted molar refractivity (Wildman–Crippen MR) is 99.8 cm³/mol. The summed E-state index contributed by atoms with van der Waals surface area (Å²) < 4.78 is 5.68. The van der Waals surface area contributed by atoms with Crippen molar-refractivity contribution >= 4 is 17.3 Å². The number of hydrogen-bond acceptors (Lipinski definition) is 3. The van der Waals surface area contributed by atoms with Gasteiger partial charge in [-0.3, -0.25) is 4.79 Å². The first-order valence-electron chi connectivity index (χ1n) is 7.93. The largest absolute Gasteiger partial charge is 0.487 e. The Bertz CT molecular complexity index is 738. The molecule has 0 heterocycles. The van der Waals surface area contributed by atoms with Gasteiger partial charge in [-0.2, -0.15) is 0 Å². The molecule has 0 saturated heterocycles. The highest BCUT2D eigenvalue weighted by Gasteiger charge is 2.07. The van der Waals surface area contributed by atoms with E-state index in [-0.39, 0.29) is 12.5 Å². The smallest absolute Gasteiger partial charge is 0.243 e. The van der Waals surface area contributed by atoms with E-state index in [0.717, 1.165) is 22.5 Å². The van der Waals surface area contributed by atoms with Gasteiger partial charge < -0.3 is 15.4 Å². The van der Waals surface area contributed by atoms with Crippen LogP contribution in [0.15, 0.2) is 54.6 Å². The van der Waals surface area contributed by atoms with Crippen LogP contribution in [0.1, 0.15) is 18.1 Å². The molecule has 0 radical (unpaired) electrons. The van der Waals surface area contributed by atoms with Crippen molar-refractivity contribution in [3.05, 3.63) is 65.7 Å². The molecule has 0 atom stereocenters. The summed E-state index contributed by atoms with van der Waals surface area (Å²) in [6.45, 7) is 10.4. The number of para-hydroxylation sites is 2. The van der Waals surface area contributed by atoms with Crippen molar-refractivity contribution in [2.24, 2.45) is 0 Å². The molecule has 2 N–H and O–H groups in total. The standard InChI is InChI=1S/C20H24N2O2/c1-14(2)13-24-19-8-6-5-7-18(19)21-12-20(23)22-17-10-9-15(3)16(4)11-17/h5-11,21H,1,12-13H2,2-4H3,(H,22,23). The summed E-state index contributed by atoms with van der Waals surface area (Å²) in [4.78, 5) is 12.1. The van der Waals surface area contributed by atoms with Crippen molar-refractivity contribution in [1.29, 1.82) is 0 Å². The van der Waals surface area contributed by atoms with E-state index >= 15 is 0 Å². The number of aryl methyl sites for hydroxylation is 2. The van der Waals surface area contributed by atoms with E-state index in [2.05, 4.69) is 17.2 Å². The molecular formula is C20H24N2O2. The zero-order valence-electron chi connectivity index (χ0n) is 14.5. The van der Waals surface area contributed by atoms with E-state index in [4.69, 9.17) is 4.74 Å². The third-order valence-corrected chi connectivity index (χ3v) is 3.59. The van der Waals surface area contributed by atoms with E-state index < -0.39 is 0 Å². The second-order valence-electron chi connectivity index (χ2n) is 5.94. The number of amides is 1. The van der Waals surface area contributed by atoms with Crippen molar-refractivity contribution in [2.75, 3.05) is 23.8 Å². The third kappa shape index (κ3) is 5.16. The molecule has 0 aliphatic carbocycles. The normalized spacial score (nSPS) is 10.1. The Hall–Kier alpha value is -2.75. The lowest BCUT2D eigenvalue weighted by atomic mass is 10.1. The Morgan fingerprint density at radius 1 is 1.12 bits per heavy atom. The summed E-state index contributed by atoms with van der Waals surface area (Å²) >= 11 is 0. The molecule has 0 spiro atoms. The average Bonchev–Trinajstić information content (AvgIpc) is 2.55. The second-order valence-corrected chi connectivity index (χ2v) is 5.94. The number of anilines is 2. The van der Waals surface area contributed by atoms with Crippen LogP contribution in [0.3, 0.4) is 0 Å². The first-order valence-corrected chi connectivity index (χ1v) is 7.93. The highest BCUT2D eigenvalue weighted by atomic mass is 16.5. The van der Waals surface area contributed by atoms with E-state index in [1.54, 1.807) is 0 Å². The molecular weight excluding hydrogens is 300 g/mol. The Morgan fingerprint density at radius 2 is 1.88 bits per heavy atom. The topological polar surface area (TPSA) is 50.4 Å². The van der Waals surface area contributed by atoms with E-state index in [9.17, 15) is 4.79 Å². The van der Waals surface area contributed by atoms with Gasteiger partial charge in [0.15, 0.2) is 0 Å². The SMILES string of the molecule is C=C(C)COc1ccccc1NCC(=O)Nc1ccc(C)c(C)c1. The number of carbonyl (C=O) groups is 1. The first-order chi connectivity index (χ1) is 11.5. The summed E-state index contributed by atoms with van der Waals surface area (Å²) in [7, 11) is 0. The van der Waals surface area contributed by atoms with Gasteiger partial charge >= 0.3 is 0 Å². The highest BCUT2D eigenvalue weighted by molar-refractivity contribution is 5.94. The molecule has 24 heavy (non-hydrogen) atoms. The maximum Gasteiger partial charge on any atom is 0.243 e. The average molecular weight is 324 g/mol. The lowest BCUT2D eigenvalue weighted by molar-refractivity contribution is -0.114. The summed E-state index contributed by atoms with van der Waals surface area (Å²) in [6, 6.07) is 13.4. The first kappa shape index (κ1) is 17.6. The number of nitrogens with one attached hydrogen (secondary N) is 2. The minimum absolute atomic E-state index is 0.104. The number of rotatable bonds is 7. The van der Waals surface area contributed by atoms with Crippen LogP contribution in [0.5, 0.6) is 5.75 Å². The van der Waals surface area contributed by atoms with E-state index in [0.29, 0.717) is 12.4 Å². The van der Waals surface area contributed by atoms with Crippen LogP contribution in [-0.4, -0.2) is 19.1 Å². The molecule has 0 fully saturated rings. The number of ether oxygens (including phenoxy) is 1. The molecule has 1 amide bonds. The van der Waals surface area contributed by atoms with Gasteiger partial charge in [0.1, 0.15) is 12.4 Å². The van der Waals surface area contributed by atoms with Gasteiger partial charge in [-0.25, -0.2) is 0 Å². The zero-order chi connectivity index (χ0) is 17.5. The van der Waals surface area contributed by atoms with Crippen LogP contribution in [-0.2, 0) is 4.79 Å². The highest BCUT2D eigenvalue weighted by Crippen LogP contribution is 2.24. The van der Waals surface area contributed by atoms with Crippen molar-refractivity contribution in [3.8, 4) is 5.75 Å². The molecule has 2 aromatic rings. The number of carbonyl (C=O) groups excluding carboxylic acids is 1. The molecule has 4 heteroatoms. The van der Waals surface area contributed by atoms with Gasteiger partial charge in [-0.15, -0.1) is 0 Å². The van der Waals surface area contributed by atoms with Crippen LogP contribution >= 0.6 is 0 Å². The Labute approximate surface area is 143 Å². The van der Waals surface area contributed by atoms with Crippen LogP contribution in [0.25, 0.3) is 0 Å². The van der Waals surface area contributed by atoms with Gasteiger partial charge in [0.05, 0.1) is 12.2 Å². The molecule has 0 aliphatic rings. The number of benzene rings is 2. The molecule has 2 rings (SSSR count). The fourth-order valence-electron chi connectivity index (χ4n) is 2.14. The monoisotopic (exact) mass is 324 g/mol. The van der Waals surface area contributed by atoms with E-state index in [1.165, 1.54) is 5.56 Å². The van der Waals surface area contributed by atoms with Crippen LogP contribution in [0, 0.1) is 13.8 Å². The van der Waals surface area contributed by atoms with Crippen LogP contribution < -0.4 is 15.4 Å². The fourth-order valence-corrected chi connectivity index (χ4v) is 2.14. The quantitative estimate of drug-likeness (QED) is 0.746. The van der Waals surface area contributed by atoms with Crippen molar-refractivity contribution in [1.82, 2.24) is 0 Å². The lowest BCUT2D eigenvalue weighted by Crippen LogP contribution is -2.22. The lowest BCUT2D eigenvalue weighted by Gasteiger charge is -2.13. The summed E-state index contributed by atoms with van der Waals surface area (Å²) in [5, 5.41) is 6.01. The van der Waals surface area contributed by atoms with Gasteiger partial charge in [0.2, 0.25) is 5.91 Å². The Morgan fingerprint density at radius 3 is 2.58 bits per heavy atom. The Balaban J connectivity index is 1.94. The molecule has 0 unspecified atom stereocenters. The van der Waals surface area contributed by atoms with Gasteiger partial charge in [0.25, 0.3) is 0 Å². The molecule has 4 nitrogen and oxygen atoms in total. The maximum absolute atomic E-state index is 12.1. The van der Waals surface area contributed by atoms with Gasteiger partial charge in [-0.05, 0) is 61.7 Å².